The first-order valence-electron chi connectivity index (χ1n) is 11.8. The number of hydrogen-bond donors (Lipinski definition) is 5. The van der Waals surface area contributed by atoms with Crippen LogP contribution in [0, 0.1) is 0 Å². The minimum absolute atomic E-state index is 0.108. The van der Waals surface area contributed by atoms with Crippen LogP contribution in [0.5, 0.6) is 5.75 Å². The number of rotatable bonds is 8. The maximum absolute atomic E-state index is 13.8. The van der Waals surface area contributed by atoms with Gasteiger partial charge in [0.15, 0.2) is 0 Å². The molecule has 3 aromatic rings. The van der Waals surface area contributed by atoms with Crippen LogP contribution in [0.25, 0.3) is 0 Å². The quantitative estimate of drug-likeness (QED) is 0.165. The Morgan fingerprint density at radius 1 is 1.07 bits per heavy atom. The van der Waals surface area contributed by atoms with E-state index in [1.807, 2.05) is 0 Å². The van der Waals surface area contributed by atoms with Crippen LogP contribution in [0.4, 0.5) is 49.5 Å². The van der Waals surface area contributed by atoms with Gasteiger partial charge in [-0.1, -0.05) is 18.2 Å². The van der Waals surface area contributed by atoms with Gasteiger partial charge in [-0.25, -0.2) is 14.8 Å². The molecule has 0 saturated heterocycles. The highest BCUT2D eigenvalue weighted by Crippen LogP contribution is 2.41. The zero-order valence-corrected chi connectivity index (χ0v) is 23.3. The van der Waals surface area contributed by atoms with Crippen molar-refractivity contribution in [2.45, 2.75) is 25.1 Å². The molecule has 0 saturated carbocycles. The lowest BCUT2D eigenvalue weighted by Gasteiger charge is -2.17. The second-order valence-electron chi connectivity index (χ2n) is 8.73. The molecule has 1 aromatic heterocycles. The highest BCUT2D eigenvalue weighted by molar-refractivity contribution is 7.50. The maximum atomic E-state index is 13.8. The molecule has 0 spiro atoms. The van der Waals surface area contributed by atoms with E-state index in [4.69, 9.17) is 19.5 Å². The fraction of sp³-hybridized carbons (Fsp3) is 0.250. The van der Waals surface area contributed by atoms with Crippen molar-refractivity contribution < 1.29 is 65.0 Å². The predicted octanol–water partition coefficient (Wildman–Crippen LogP) is 4.82. The van der Waals surface area contributed by atoms with E-state index in [1.165, 1.54) is 38.5 Å². The van der Waals surface area contributed by atoms with Gasteiger partial charge in [0, 0.05) is 6.20 Å². The van der Waals surface area contributed by atoms with Crippen LogP contribution in [0.15, 0.2) is 42.6 Å². The van der Waals surface area contributed by atoms with Gasteiger partial charge < -0.3 is 30.3 Å². The monoisotopic (exact) mass is 653 g/mol. The molecule has 1 aliphatic rings. The van der Waals surface area contributed by atoms with Crippen LogP contribution >= 0.6 is 7.60 Å². The van der Waals surface area contributed by atoms with Crippen LogP contribution in [0.1, 0.15) is 27.0 Å². The van der Waals surface area contributed by atoms with Crippen LogP contribution in [-0.2, 0) is 33.1 Å². The molecule has 2 heterocycles. The molecule has 20 heteroatoms. The van der Waals surface area contributed by atoms with Crippen LogP contribution in [0.2, 0.25) is 0 Å². The van der Waals surface area contributed by atoms with E-state index >= 15 is 0 Å². The summed E-state index contributed by atoms with van der Waals surface area (Å²) in [5.41, 5.74) is 0.212. The number of aliphatic carboxylic acids is 1. The number of carboxylic acid groups (broad SMARTS) is 1. The molecular weight excluding hydrogens is 631 g/mol. The van der Waals surface area contributed by atoms with Crippen molar-refractivity contribution in [1.29, 1.82) is 0 Å². The number of fused-ring (bicyclic) bond motifs is 1. The maximum Gasteiger partial charge on any atom is 0.490 e. The summed E-state index contributed by atoms with van der Waals surface area (Å²) in [5.74, 6) is -3.93. The molecule has 2 aromatic carbocycles. The van der Waals surface area contributed by atoms with Crippen molar-refractivity contribution in [3.05, 3.63) is 64.8 Å². The fourth-order valence-corrected chi connectivity index (χ4v) is 4.43. The Labute approximate surface area is 243 Å². The predicted molar refractivity (Wildman–Crippen MR) is 139 cm³/mol. The number of benzene rings is 2. The third-order valence-corrected chi connectivity index (χ3v) is 6.39. The van der Waals surface area contributed by atoms with Crippen molar-refractivity contribution in [3.8, 4) is 5.75 Å². The molecule has 0 atom stereocenters. The number of hydrogen-bond acceptors (Lipinski definition) is 9. The van der Waals surface area contributed by atoms with E-state index < -0.39 is 49.4 Å². The minimum Gasteiger partial charge on any atom is -0.495 e. The highest BCUT2D eigenvalue weighted by atomic mass is 31.2. The molecule has 44 heavy (non-hydrogen) atoms. The SMILES string of the molecule is COc1cc(CP(=O)(O)O)ccc1Nc1ncc(C(F)(F)F)c(Nc2cccc3c2C(=O)N(OC)C3)n1.O=C(O)C(F)(F)F. The van der Waals surface area contributed by atoms with Crippen molar-refractivity contribution in [2.24, 2.45) is 0 Å². The topological polar surface area (TPSA) is 183 Å². The molecule has 1 amide bonds. The number of ether oxygens (including phenoxy) is 1. The summed E-state index contributed by atoms with van der Waals surface area (Å²) in [5, 5.41) is 13.6. The molecule has 0 fully saturated rings. The Kier molecular flexibility index (Phi) is 10.1. The Hall–Kier alpha value is -4.45. The summed E-state index contributed by atoms with van der Waals surface area (Å²) in [6, 6.07) is 8.94. The van der Waals surface area contributed by atoms with Crippen molar-refractivity contribution in [3.63, 3.8) is 0 Å². The lowest BCUT2D eigenvalue weighted by Crippen LogP contribution is -2.22. The first-order valence-corrected chi connectivity index (χ1v) is 13.6. The molecule has 1 aliphatic heterocycles. The number of nitrogens with zero attached hydrogens (tertiary/aromatic N) is 3. The zero-order chi connectivity index (χ0) is 33.0. The summed E-state index contributed by atoms with van der Waals surface area (Å²) in [4.78, 5) is 52.7. The van der Waals surface area contributed by atoms with E-state index in [-0.39, 0.29) is 35.2 Å². The Bertz CT molecular complexity index is 1600. The van der Waals surface area contributed by atoms with Gasteiger partial charge in [0.2, 0.25) is 5.95 Å². The van der Waals surface area contributed by atoms with Crippen molar-refractivity contribution in [1.82, 2.24) is 15.0 Å². The average Bonchev–Trinajstić information content (AvgIpc) is 3.24. The number of hydroxylamine groups is 2. The molecule has 5 N–H and O–H groups in total. The van der Waals surface area contributed by atoms with Crippen LogP contribution in [0.3, 0.4) is 0 Å². The summed E-state index contributed by atoms with van der Waals surface area (Å²) in [7, 11) is -1.70. The van der Waals surface area contributed by atoms with Gasteiger partial charge in [0.1, 0.15) is 17.1 Å². The summed E-state index contributed by atoms with van der Waals surface area (Å²) >= 11 is 0. The third kappa shape index (κ3) is 8.56. The number of carbonyl (C=O) groups excluding carboxylic acids is 1. The molecule has 0 aliphatic carbocycles. The minimum atomic E-state index is -5.08. The van der Waals surface area contributed by atoms with E-state index in [9.17, 15) is 45.5 Å². The van der Waals surface area contributed by atoms with E-state index in [0.29, 0.717) is 17.3 Å². The smallest absolute Gasteiger partial charge is 0.490 e. The normalized spacial score (nSPS) is 13.1. The first-order chi connectivity index (χ1) is 20.3. The van der Waals surface area contributed by atoms with Gasteiger partial charge in [-0.05, 0) is 29.3 Å². The second-order valence-corrected chi connectivity index (χ2v) is 10.4. The van der Waals surface area contributed by atoms with Crippen LogP contribution in [-0.4, -0.2) is 62.2 Å². The summed E-state index contributed by atoms with van der Waals surface area (Å²) < 4.78 is 89.5. The first kappa shape index (κ1) is 34.0. The number of carboxylic acids is 1. The van der Waals surface area contributed by atoms with Gasteiger partial charge in [0.05, 0.1) is 43.9 Å². The third-order valence-electron chi connectivity index (χ3n) is 5.62. The number of aromatic nitrogens is 2. The summed E-state index contributed by atoms with van der Waals surface area (Å²) in [6.07, 6.45) is -9.81. The van der Waals surface area contributed by atoms with Crippen LogP contribution < -0.4 is 15.4 Å². The number of amides is 1. The molecular formula is C24H22F6N5O8P. The Balaban J connectivity index is 0.000000676. The molecule has 0 radical (unpaired) electrons. The van der Waals surface area contributed by atoms with Crippen molar-refractivity contribution >= 4 is 42.6 Å². The summed E-state index contributed by atoms with van der Waals surface area (Å²) in [6.45, 7) is 0.140. The van der Waals surface area contributed by atoms with E-state index in [1.54, 1.807) is 12.1 Å². The van der Waals surface area contributed by atoms with E-state index in [2.05, 4.69) is 20.6 Å². The number of alkyl halides is 6. The standard InChI is InChI=1S/C22H21F3N5O6P.C2HF3O2/c1-35-17-8-12(11-37(32,33)34)6-7-15(17)28-21-26-9-14(22(23,24)25)19(29-21)27-16-5-3-4-13-10-30(36-2)20(31)18(13)16;3-2(4,5)1(6)7/h3-9H,10-11H2,1-2H3,(H2,32,33,34)(H2,26,27,28,29);(H,6,7). The van der Waals surface area contributed by atoms with Crippen molar-refractivity contribution in [2.75, 3.05) is 24.9 Å². The van der Waals surface area contributed by atoms with Gasteiger partial charge in [0.25, 0.3) is 5.91 Å². The second kappa shape index (κ2) is 13.0. The number of nitrogens with one attached hydrogen (secondary N) is 2. The van der Waals surface area contributed by atoms with Gasteiger partial charge in [-0.3, -0.25) is 14.2 Å². The highest BCUT2D eigenvalue weighted by Gasteiger charge is 2.38. The molecule has 0 bridgehead atoms. The molecule has 0 unspecified atom stereocenters. The zero-order valence-electron chi connectivity index (χ0n) is 22.4. The fourth-order valence-electron chi connectivity index (χ4n) is 3.76. The van der Waals surface area contributed by atoms with E-state index in [0.717, 1.165) is 5.06 Å². The molecule has 13 nitrogen and oxygen atoms in total. The lowest BCUT2D eigenvalue weighted by atomic mass is 10.1. The van der Waals surface area contributed by atoms with Gasteiger partial charge >= 0.3 is 25.9 Å². The molecule has 238 valence electrons. The largest absolute Gasteiger partial charge is 0.495 e. The Morgan fingerprint density at radius 3 is 2.27 bits per heavy atom. The number of anilines is 4. The number of halogens is 6. The number of carbonyl (C=O) groups is 2. The number of methoxy groups -OCH3 is 1. The van der Waals surface area contributed by atoms with Gasteiger partial charge in [-0.2, -0.15) is 31.3 Å². The van der Waals surface area contributed by atoms with Gasteiger partial charge in [-0.15, -0.1) is 0 Å². The average molecular weight is 653 g/mol. The Morgan fingerprint density at radius 2 is 1.73 bits per heavy atom. The lowest BCUT2D eigenvalue weighted by molar-refractivity contribution is -0.192. The molecule has 4 rings (SSSR count).